The molecule has 1 aromatic rings. The van der Waals surface area contributed by atoms with E-state index in [9.17, 15) is 4.79 Å². The highest BCUT2D eigenvalue weighted by Gasteiger charge is 2.07. The van der Waals surface area contributed by atoms with Gasteiger partial charge in [0.15, 0.2) is 6.29 Å². The van der Waals surface area contributed by atoms with Gasteiger partial charge >= 0.3 is 0 Å². The second kappa shape index (κ2) is 3.60. The monoisotopic (exact) mass is 298 g/mol. The highest BCUT2D eigenvalue weighted by molar-refractivity contribution is 9.11. The van der Waals surface area contributed by atoms with Crippen LogP contribution in [0.15, 0.2) is 9.21 Å². The number of carbonyl (C=O) groups is 1. The van der Waals surface area contributed by atoms with Crippen LogP contribution in [0.3, 0.4) is 0 Å². The van der Waals surface area contributed by atoms with Gasteiger partial charge in [0, 0.05) is 0 Å². The molecule has 0 saturated carbocycles. The highest BCUT2D eigenvalue weighted by Crippen LogP contribution is 2.21. The van der Waals surface area contributed by atoms with Crippen LogP contribution in [0.2, 0.25) is 5.28 Å². The van der Waals surface area contributed by atoms with Gasteiger partial charge in [-0.15, -0.1) is 0 Å². The zero-order chi connectivity index (χ0) is 8.43. The molecule has 0 bridgehead atoms. The Morgan fingerprint density at radius 1 is 1.27 bits per heavy atom. The van der Waals surface area contributed by atoms with E-state index < -0.39 is 0 Å². The second-order valence-corrected chi connectivity index (χ2v) is 3.45. The molecule has 58 valence electrons. The maximum absolute atomic E-state index is 10.4. The van der Waals surface area contributed by atoms with Crippen molar-refractivity contribution in [3.63, 3.8) is 0 Å². The van der Waals surface area contributed by atoms with Gasteiger partial charge in [-0.2, -0.15) is 0 Å². The molecule has 1 rings (SSSR count). The summed E-state index contributed by atoms with van der Waals surface area (Å²) < 4.78 is 0.777. The molecular formula is C5HBr2ClN2O. The number of carbonyl (C=O) groups excluding carboxylic acids is 1. The van der Waals surface area contributed by atoms with Crippen molar-refractivity contribution < 1.29 is 4.79 Å². The molecule has 11 heavy (non-hydrogen) atoms. The van der Waals surface area contributed by atoms with Crippen LogP contribution >= 0.6 is 43.5 Å². The Kier molecular flexibility index (Phi) is 2.98. The number of rotatable bonds is 1. The Balaban J connectivity index is 3.36. The van der Waals surface area contributed by atoms with Gasteiger partial charge in [0.05, 0.1) is 5.56 Å². The Morgan fingerprint density at radius 3 is 2.09 bits per heavy atom. The predicted molar refractivity (Wildman–Crippen MR) is 47.8 cm³/mol. The zero-order valence-electron chi connectivity index (χ0n) is 5.01. The van der Waals surface area contributed by atoms with Crippen molar-refractivity contribution in [1.82, 2.24) is 9.97 Å². The van der Waals surface area contributed by atoms with Gasteiger partial charge in [-0.3, -0.25) is 4.79 Å². The van der Waals surface area contributed by atoms with Crippen molar-refractivity contribution in [2.45, 2.75) is 0 Å². The molecule has 0 aliphatic heterocycles. The Morgan fingerprint density at radius 2 is 1.73 bits per heavy atom. The van der Waals surface area contributed by atoms with E-state index in [0.717, 1.165) is 0 Å². The molecule has 0 spiro atoms. The van der Waals surface area contributed by atoms with E-state index in [4.69, 9.17) is 11.6 Å². The molecule has 0 aliphatic carbocycles. The lowest BCUT2D eigenvalue weighted by molar-refractivity contribution is 0.112. The SMILES string of the molecule is O=Cc1c(Br)nc(Cl)nc1Br. The maximum Gasteiger partial charge on any atom is 0.224 e. The van der Waals surface area contributed by atoms with Crippen molar-refractivity contribution in [2.75, 3.05) is 0 Å². The molecule has 1 heterocycles. The third kappa shape index (κ3) is 1.98. The topological polar surface area (TPSA) is 42.9 Å². The quantitative estimate of drug-likeness (QED) is 0.454. The molecule has 0 saturated heterocycles. The molecule has 0 fully saturated rings. The molecule has 0 radical (unpaired) electrons. The summed E-state index contributed by atoms with van der Waals surface area (Å²) in [7, 11) is 0. The van der Waals surface area contributed by atoms with Gasteiger partial charge in [-0.05, 0) is 43.5 Å². The summed E-state index contributed by atoms with van der Waals surface area (Å²) >= 11 is 11.6. The summed E-state index contributed by atoms with van der Waals surface area (Å²) in [6.45, 7) is 0. The van der Waals surface area contributed by atoms with Crippen molar-refractivity contribution in [2.24, 2.45) is 0 Å². The Labute approximate surface area is 84.4 Å². The second-order valence-electron chi connectivity index (χ2n) is 1.61. The fourth-order valence-electron chi connectivity index (χ4n) is 0.490. The van der Waals surface area contributed by atoms with Crippen LogP contribution in [0.1, 0.15) is 10.4 Å². The lowest BCUT2D eigenvalue weighted by Gasteiger charge is -1.97. The van der Waals surface area contributed by atoms with E-state index in [-0.39, 0.29) is 5.28 Å². The lowest BCUT2D eigenvalue weighted by atomic mass is 10.4. The third-order valence-electron chi connectivity index (χ3n) is 0.943. The normalized spacial score (nSPS) is 9.73. The Hall–Kier alpha value is -0.000000000000000167. The fraction of sp³-hybridized carbons (Fsp3) is 0. The fourth-order valence-corrected chi connectivity index (χ4v) is 2.03. The molecule has 1 aromatic heterocycles. The van der Waals surface area contributed by atoms with Crippen LogP contribution in [-0.4, -0.2) is 16.3 Å². The van der Waals surface area contributed by atoms with Crippen molar-refractivity contribution in [1.29, 1.82) is 0 Å². The van der Waals surface area contributed by atoms with Crippen molar-refractivity contribution >= 4 is 49.7 Å². The molecule has 6 heteroatoms. The predicted octanol–water partition coefficient (Wildman–Crippen LogP) is 2.47. The minimum Gasteiger partial charge on any atom is -0.298 e. The Bertz CT molecular complexity index is 282. The maximum atomic E-state index is 10.4. The van der Waals surface area contributed by atoms with Gasteiger partial charge in [0.1, 0.15) is 9.21 Å². The van der Waals surface area contributed by atoms with Crippen LogP contribution in [0, 0.1) is 0 Å². The number of nitrogens with zero attached hydrogens (tertiary/aromatic N) is 2. The van der Waals surface area contributed by atoms with E-state index >= 15 is 0 Å². The van der Waals surface area contributed by atoms with E-state index in [1.54, 1.807) is 0 Å². The lowest BCUT2D eigenvalue weighted by Crippen LogP contribution is -1.93. The van der Waals surface area contributed by atoms with Gasteiger partial charge in [0.2, 0.25) is 5.28 Å². The summed E-state index contributed by atoms with van der Waals surface area (Å²) in [5, 5.41) is 0.0920. The van der Waals surface area contributed by atoms with Crippen LogP contribution in [0.4, 0.5) is 0 Å². The van der Waals surface area contributed by atoms with E-state index in [1.165, 1.54) is 0 Å². The minimum absolute atomic E-state index is 0.0920. The van der Waals surface area contributed by atoms with Gasteiger partial charge < -0.3 is 0 Å². The van der Waals surface area contributed by atoms with Crippen LogP contribution < -0.4 is 0 Å². The van der Waals surface area contributed by atoms with E-state index in [0.29, 0.717) is 21.1 Å². The first-order valence-electron chi connectivity index (χ1n) is 2.49. The van der Waals surface area contributed by atoms with Gasteiger partial charge in [0.25, 0.3) is 0 Å². The van der Waals surface area contributed by atoms with Crippen LogP contribution in [0.5, 0.6) is 0 Å². The molecule has 3 nitrogen and oxygen atoms in total. The summed E-state index contributed by atoms with van der Waals surface area (Å²) in [4.78, 5) is 17.8. The van der Waals surface area contributed by atoms with E-state index in [2.05, 4.69) is 41.8 Å². The molecule has 0 aromatic carbocycles. The minimum atomic E-state index is 0.0920. The number of halogens is 3. The first-order valence-corrected chi connectivity index (χ1v) is 4.45. The summed E-state index contributed by atoms with van der Waals surface area (Å²) in [5.41, 5.74) is 0.356. The summed E-state index contributed by atoms with van der Waals surface area (Å²) in [6, 6.07) is 0. The van der Waals surface area contributed by atoms with Gasteiger partial charge in [-0.1, -0.05) is 0 Å². The molecule has 0 N–H and O–H groups in total. The first-order chi connectivity index (χ1) is 5.15. The number of hydrogen-bond donors (Lipinski definition) is 0. The number of hydrogen-bond acceptors (Lipinski definition) is 3. The van der Waals surface area contributed by atoms with E-state index in [1.807, 2.05) is 0 Å². The number of aromatic nitrogens is 2. The van der Waals surface area contributed by atoms with Crippen molar-refractivity contribution in [3.05, 3.63) is 20.1 Å². The molecule has 0 atom stereocenters. The molecule has 0 unspecified atom stereocenters. The standard InChI is InChI=1S/C5HBr2ClN2O/c6-3-2(1-11)4(7)10-5(8)9-3/h1H. The average Bonchev–Trinajstić information content (AvgIpc) is 1.85. The summed E-state index contributed by atoms with van der Waals surface area (Å²) in [6.07, 6.45) is 0.643. The molecular weight excluding hydrogens is 299 g/mol. The third-order valence-corrected chi connectivity index (χ3v) is 2.32. The smallest absolute Gasteiger partial charge is 0.224 e. The largest absolute Gasteiger partial charge is 0.298 e. The molecule has 0 aliphatic rings. The average molecular weight is 300 g/mol. The van der Waals surface area contributed by atoms with Gasteiger partial charge in [-0.25, -0.2) is 9.97 Å². The van der Waals surface area contributed by atoms with Crippen molar-refractivity contribution in [3.8, 4) is 0 Å². The zero-order valence-corrected chi connectivity index (χ0v) is 8.94. The number of aldehydes is 1. The molecule has 0 amide bonds. The first kappa shape index (κ1) is 9.09. The van der Waals surface area contributed by atoms with Crippen LogP contribution in [-0.2, 0) is 0 Å². The summed E-state index contributed by atoms with van der Waals surface area (Å²) in [5.74, 6) is 0. The highest BCUT2D eigenvalue weighted by atomic mass is 79.9. The van der Waals surface area contributed by atoms with Crippen LogP contribution in [0.25, 0.3) is 0 Å².